The predicted molar refractivity (Wildman–Crippen MR) is 52.8 cm³/mol. The van der Waals surface area contributed by atoms with Crippen molar-refractivity contribution in [2.75, 3.05) is 0 Å². The average molecular weight is 204 g/mol. The summed E-state index contributed by atoms with van der Waals surface area (Å²) in [7, 11) is 0. The number of hydrogen-bond acceptors (Lipinski definition) is 3. The van der Waals surface area contributed by atoms with Crippen molar-refractivity contribution in [3.63, 3.8) is 0 Å². The van der Waals surface area contributed by atoms with Gasteiger partial charge in [0.15, 0.2) is 0 Å². The first-order valence-electron chi connectivity index (χ1n) is 4.85. The zero-order chi connectivity index (χ0) is 11.4. The SMILES string of the molecule is CCC(C(=O)O)C(C)OOC(C)(C)C. The van der Waals surface area contributed by atoms with Gasteiger partial charge in [0, 0.05) is 0 Å². The van der Waals surface area contributed by atoms with Gasteiger partial charge in [-0.25, -0.2) is 9.78 Å². The molecule has 0 bridgehead atoms. The van der Waals surface area contributed by atoms with Crippen molar-refractivity contribution >= 4 is 5.97 Å². The molecular weight excluding hydrogens is 184 g/mol. The number of carboxylic acid groups (broad SMARTS) is 1. The van der Waals surface area contributed by atoms with Crippen molar-refractivity contribution in [3.05, 3.63) is 0 Å². The molecule has 0 spiro atoms. The summed E-state index contributed by atoms with van der Waals surface area (Å²) in [5.74, 6) is -1.37. The summed E-state index contributed by atoms with van der Waals surface area (Å²) in [6.45, 7) is 9.06. The Kier molecular flexibility index (Phi) is 5.08. The van der Waals surface area contributed by atoms with E-state index in [1.54, 1.807) is 6.92 Å². The molecule has 2 unspecified atom stereocenters. The van der Waals surface area contributed by atoms with Crippen LogP contribution in [-0.4, -0.2) is 22.8 Å². The molecule has 0 saturated heterocycles. The van der Waals surface area contributed by atoms with Crippen LogP contribution in [0.1, 0.15) is 41.0 Å². The summed E-state index contributed by atoms with van der Waals surface area (Å²) in [5.41, 5.74) is -0.412. The van der Waals surface area contributed by atoms with Crippen LogP contribution < -0.4 is 0 Å². The van der Waals surface area contributed by atoms with Crippen LogP contribution >= 0.6 is 0 Å². The zero-order valence-corrected chi connectivity index (χ0v) is 9.53. The maximum Gasteiger partial charge on any atom is 0.309 e. The molecule has 0 aromatic heterocycles. The van der Waals surface area contributed by atoms with Gasteiger partial charge < -0.3 is 5.11 Å². The van der Waals surface area contributed by atoms with E-state index in [0.717, 1.165) is 0 Å². The standard InChI is InChI=1S/C10H20O4/c1-6-8(9(11)12)7(2)13-14-10(3,4)5/h7-8H,6H2,1-5H3,(H,11,12). The number of carboxylic acids is 1. The van der Waals surface area contributed by atoms with Crippen molar-refractivity contribution in [2.45, 2.75) is 52.7 Å². The third-order valence-corrected chi connectivity index (χ3v) is 1.77. The molecule has 0 aliphatic rings. The van der Waals surface area contributed by atoms with E-state index in [2.05, 4.69) is 0 Å². The second-order valence-electron chi connectivity index (χ2n) is 4.35. The maximum atomic E-state index is 10.8. The van der Waals surface area contributed by atoms with Gasteiger partial charge >= 0.3 is 5.97 Å². The van der Waals surface area contributed by atoms with Crippen LogP contribution in [0.5, 0.6) is 0 Å². The van der Waals surface area contributed by atoms with Crippen LogP contribution in [-0.2, 0) is 14.6 Å². The Hall–Kier alpha value is -0.610. The van der Waals surface area contributed by atoms with Crippen molar-refractivity contribution in [3.8, 4) is 0 Å². The first kappa shape index (κ1) is 13.4. The van der Waals surface area contributed by atoms with Gasteiger partial charge in [-0.3, -0.25) is 4.79 Å². The highest BCUT2D eigenvalue weighted by Gasteiger charge is 2.26. The third kappa shape index (κ3) is 5.19. The minimum absolute atomic E-state index is 0.412. The molecule has 0 aliphatic carbocycles. The summed E-state index contributed by atoms with van der Waals surface area (Å²) in [6, 6.07) is 0. The van der Waals surface area contributed by atoms with Crippen molar-refractivity contribution < 1.29 is 19.7 Å². The lowest BCUT2D eigenvalue weighted by Gasteiger charge is -2.23. The van der Waals surface area contributed by atoms with Crippen LogP contribution in [0.4, 0.5) is 0 Å². The first-order chi connectivity index (χ1) is 6.28. The predicted octanol–water partition coefficient (Wildman–Crippen LogP) is 2.23. The van der Waals surface area contributed by atoms with E-state index in [1.807, 2.05) is 27.7 Å². The van der Waals surface area contributed by atoms with Crippen LogP contribution in [0, 0.1) is 5.92 Å². The molecule has 2 atom stereocenters. The summed E-state index contributed by atoms with van der Waals surface area (Å²) < 4.78 is 0. The minimum atomic E-state index is -0.850. The number of aliphatic carboxylic acids is 1. The summed E-state index contributed by atoms with van der Waals surface area (Å²) in [4.78, 5) is 20.9. The summed E-state index contributed by atoms with van der Waals surface area (Å²) in [6.07, 6.45) is 0.0982. The van der Waals surface area contributed by atoms with E-state index in [0.29, 0.717) is 6.42 Å². The molecule has 0 radical (unpaired) electrons. The van der Waals surface area contributed by atoms with E-state index in [4.69, 9.17) is 14.9 Å². The second kappa shape index (κ2) is 5.32. The quantitative estimate of drug-likeness (QED) is 0.551. The fourth-order valence-corrected chi connectivity index (χ4v) is 0.995. The number of carbonyl (C=O) groups is 1. The molecule has 0 rings (SSSR count). The molecule has 0 aromatic carbocycles. The Morgan fingerprint density at radius 1 is 1.43 bits per heavy atom. The van der Waals surface area contributed by atoms with Gasteiger partial charge in [0.25, 0.3) is 0 Å². The minimum Gasteiger partial charge on any atom is -0.481 e. The second-order valence-corrected chi connectivity index (χ2v) is 4.35. The summed E-state index contributed by atoms with van der Waals surface area (Å²) in [5, 5.41) is 8.84. The lowest BCUT2D eigenvalue weighted by molar-refractivity contribution is -0.375. The topological polar surface area (TPSA) is 55.8 Å². The highest BCUT2D eigenvalue weighted by Crippen LogP contribution is 2.16. The Morgan fingerprint density at radius 2 is 1.93 bits per heavy atom. The van der Waals surface area contributed by atoms with Crippen LogP contribution in [0.25, 0.3) is 0 Å². The van der Waals surface area contributed by atoms with Crippen molar-refractivity contribution in [1.29, 1.82) is 0 Å². The molecule has 0 fully saturated rings. The average Bonchev–Trinajstić information content (AvgIpc) is 2.00. The fourth-order valence-electron chi connectivity index (χ4n) is 0.995. The molecule has 0 aromatic rings. The fraction of sp³-hybridized carbons (Fsp3) is 0.900. The molecule has 0 heterocycles. The van der Waals surface area contributed by atoms with E-state index in [9.17, 15) is 4.79 Å². The molecule has 1 N–H and O–H groups in total. The molecule has 4 nitrogen and oxygen atoms in total. The lowest BCUT2D eigenvalue weighted by atomic mass is 10.0. The van der Waals surface area contributed by atoms with Gasteiger partial charge in [0.1, 0.15) is 6.10 Å². The normalized spacial score (nSPS) is 16.4. The molecule has 0 aliphatic heterocycles. The molecule has 4 heteroatoms. The Balaban J connectivity index is 4.05. The van der Waals surface area contributed by atoms with Gasteiger partial charge in [-0.15, -0.1) is 0 Å². The molecule has 84 valence electrons. The van der Waals surface area contributed by atoms with E-state index >= 15 is 0 Å². The smallest absolute Gasteiger partial charge is 0.309 e. The number of hydrogen-bond donors (Lipinski definition) is 1. The molecule has 0 saturated carbocycles. The maximum absolute atomic E-state index is 10.8. The van der Waals surface area contributed by atoms with E-state index in [1.165, 1.54) is 0 Å². The van der Waals surface area contributed by atoms with Gasteiger partial charge in [-0.05, 0) is 34.1 Å². The Labute approximate surface area is 85.1 Å². The molecule has 0 amide bonds. The summed E-state index contributed by atoms with van der Waals surface area (Å²) >= 11 is 0. The monoisotopic (exact) mass is 204 g/mol. The van der Waals surface area contributed by atoms with Crippen LogP contribution in [0.2, 0.25) is 0 Å². The first-order valence-corrected chi connectivity index (χ1v) is 4.85. The third-order valence-electron chi connectivity index (χ3n) is 1.77. The highest BCUT2D eigenvalue weighted by molar-refractivity contribution is 5.70. The highest BCUT2D eigenvalue weighted by atomic mass is 17.2. The zero-order valence-electron chi connectivity index (χ0n) is 9.53. The number of rotatable bonds is 5. The van der Waals surface area contributed by atoms with E-state index < -0.39 is 23.6 Å². The Bertz CT molecular complexity index is 183. The lowest BCUT2D eigenvalue weighted by Crippen LogP contribution is -2.31. The van der Waals surface area contributed by atoms with Gasteiger partial charge in [-0.1, -0.05) is 6.92 Å². The van der Waals surface area contributed by atoms with E-state index in [-0.39, 0.29) is 0 Å². The van der Waals surface area contributed by atoms with Crippen molar-refractivity contribution in [1.82, 2.24) is 0 Å². The van der Waals surface area contributed by atoms with Crippen LogP contribution in [0.3, 0.4) is 0 Å². The largest absolute Gasteiger partial charge is 0.481 e. The Morgan fingerprint density at radius 3 is 2.21 bits per heavy atom. The van der Waals surface area contributed by atoms with Gasteiger partial charge in [-0.2, -0.15) is 0 Å². The van der Waals surface area contributed by atoms with Gasteiger partial charge in [0.05, 0.1) is 11.5 Å². The van der Waals surface area contributed by atoms with Crippen LogP contribution in [0.15, 0.2) is 0 Å². The molecular formula is C10H20O4. The molecule has 14 heavy (non-hydrogen) atoms. The van der Waals surface area contributed by atoms with Gasteiger partial charge in [0.2, 0.25) is 0 Å². The van der Waals surface area contributed by atoms with Crippen molar-refractivity contribution in [2.24, 2.45) is 5.92 Å².